The van der Waals surface area contributed by atoms with E-state index in [9.17, 15) is 14.4 Å². The molecule has 0 saturated heterocycles. The molecule has 0 aliphatic carbocycles. The molecule has 0 radical (unpaired) electrons. The van der Waals surface area contributed by atoms with E-state index in [1.165, 1.54) is 16.9 Å². The molecular formula is C21H21N5O5. The Morgan fingerprint density at radius 1 is 1.16 bits per heavy atom. The molecule has 10 nitrogen and oxygen atoms in total. The van der Waals surface area contributed by atoms with Crippen LogP contribution in [0.5, 0.6) is 0 Å². The van der Waals surface area contributed by atoms with Crippen LogP contribution >= 0.6 is 0 Å². The van der Waals surface area contributed by atoms with Crippen LogP contribution in [0.4, 0.5) is 0 Å². The van der Waals surface area contributed by atoms with Crippen LogP contribution in [0.15, 0.2) is 51.9 Å². The molecule has 1 aromatic carbocycles. The fourth-order valence-electron chi connectivity index (χ4n) is 3.33. The summed E-state index contributed by atoms with van der Waals surface area (Å²) in [6.45, 7) is 3.41. The molecule has 3 heterocycles. The summed E-state index contributed by atoms with van der Waals surface area (Å²) >= 11 is 0. The maximum atomic E-state index is 12.7. The summed E-state index contributed by atoms with van der Waals surface area (Å²) in [5.74, 6) is -0.538. The summed E-state index contributed by atoms with van der Waals surface area (Å²) in [6, 6.07) is 9.29. The van der Waals surface area contributed by atoms with Gasteiger partial charge >= 0.3 is 5.97 Å². The Morgan fingerprint density at radius 2 is 1.94 bits per heavy atom. The van der Waals surface area contributed by atoms with Gasteiger partial charge in [-0.05, 0) is 30.2 Å². The summed E-state index contributed by atoms with van der Waals surface area (Å²) in [6.07, 6.45) is 1.38. The van der Waals surface area contributed by atoms with Crippen molar-refractivity contribution in [2.75, 3.05) is 0 Å². The Hall–Kier alpha value is -3.95. The molecule has 31 heavy (non-hydrogen) atoms. The molecule has 0 aliphatic rings. The number of carbonyl (C=O) groups excluding carboxylic acids is 2. The van der Waals surface area contributed by atoms with Gasteiger partial charge in [0.1, 0.15) is 6.04 Å². The number of hydrogen-bond donors (Lipinski definition) is 1. The first-order valence-corrected chi connectivity index (χ1v) is 9.71. The van der Waals surface area contributed by atoms with Gasteiger partial charge in [-0.15, -0.1) is 10.2 Å². The molecule has 160 valence electrons. The minimum Gasteiger partial charge on any atom is -0.459 e. The largest absolute Gasteiger partial charge is 0.459 e. The molecule has 4 rings (SSSR count). The van der Waals surface area contributed by atoms with Crippen LogP contribution in [0.1, 0.15) is 30.2 Å². The van der Waals surface area contributed by atoms with E-state index < -0.39 is 17.9 Å². The predicted molar refractivity (Wildman–Crippen MR) is 110 cm³/mol. The van der Waals surface area contributed by atoms with E-state index in [1.807, 2.05) is 0 Å². The Labute approximate surface area is 176 Å². The third-order valence-electron chi connectivity index (χ3n) is 4.99. The molecule has 0 saturated carbocycles. The highest BCUT2D eigenvalue weighted by Gasteiger charge is 2.27. The third-order valence-corrected chi connectivity index (χ3v) is 4.99. The van der Waals surface area contributed by atoms with Gasteiger partial charge in [-0.1, -0.05) is 26.0 Å². The van der Waals surface area contributed by atoms with E-state index in [1.54, 1.807) is 55.6 Å². The van der Waals surface area contributed by atoms with Crippen molar-refractivity contribution < 1.29 is 18.7 Å². The van der Waals surface area contributed by atoms with Crippen molar-refractivity contribution in [1.29, 1.82) is 0 Å². The number of aromatic nitrogens is 4. The first-order valence-electron chi connectivity index (χ1n) is 9.71. The minimum atomic E-state index is -0.877. The van der Waals surface area contributed by atoms with E-state index in [0.717, 1.165) is 0 Å². The van der Waals surface area contributed by atoms with E-state index in [4.69, 9.17) is 9.15 Å². The van der Waals surface area contributed by atoms with E-state index >= 15 is 0 Å². The van der Waals surface area contributed by atoms with Gasteiger partial charge < -0.3 is 14.5 Å². The number of benzene rings is 1. The second-order valence-corrected chi connectivity index (χ2v) is 7.41. The van der Waals surface area contributed by atoms with Gasteiger partial charge in [0.2, 0.25) is 5.78 Å². The van der Waals surface area contributed by atoms with E-state index in [-0.39, 0.29) is 23.8 Å². The van der Waals surface area contributed by atoms with Gasteiger partial charge in [0.05, 0.1) is 17.2 Å². The zero-order valence-electron chi connectivity index (χ0n) is 17.2. The standard InChI is InChI=1S/C21H21N5O5/c1-12(2)17(22-18(27)15-9-6-10-30-15)20(29)31-11-16-23-24-21-25(3)19(28)13-7-4-5-8-14(13)26(16)21/h4-10,12,17H,11H2,1-3H3,(H,22,27)/t17-/m0/s1. The van der Waals surface area contributed by atoms with Crippen molar-refractivity contribution in [1.82, 2.24) is 24.5 Å². The number of rotatable bonds is 6. The van der Waals surface area contributed by atoms with Crippen LogP contribution in [-0.4, -0.2) is 37.1 Å². The predicted octanol–water partition coefficient (Wildman–Crippen LogP) is 1.67. The van der Waals surface area contributed by atoms with E-state index in [0.29, 0.717) is 22.5 Å². The SMILES string of the molecule is CC(C)[C@H](NC(=O)c1ccco1)C(=O)OCc1nnc2n(C)c(=O)c3ccccc3n12. The number of hydrogen-bond acceptors (Lipinski definition) is 7. The number of furan rings is 1. The normalized spacial score (nSPS) is 12.4. The molecule has 1 atom stereocenters. The fourth-order valence-corrected chi connectivity index (χ4v) is 3.33. The van der Waals surface area contributed by atoms with Crippen LogP contribution in [-0.2, 0) is 23.2 Å². The minimum absolute atomic E-state index is 0.106. The monoisotopic (exact) mass is 423 g/mol. The number of esters is 1. The maximum Gasteiger partial charge on any atom is 0.329 e. The number of fused-ring (bicyclic) bond motifs is 3. The lowest BCUT2D eigenvalue weighted by molar-refractivity contribution is -0.148. The zero-order chi connectivity index (χ0) is 22.1. The average molecular weight is 423 g/mol. The molecule has 0 spiro atoms. The zero-order valence-corrected chi connectivity index (χ0v) is 17.2. The second-order valence-electron chi connectivity index (χ2n) is 7.41. The molecule has 3 aromatic heterocycles. The first-order chi connectivity index (χ1) is 14.9. The topological polar surface area (TPSA) is 121 Å². The Bertz CT molecular complexity index is 1320. The molecule has 1 N–H and O–H groups in total. The van der Waals surface area contributed by atoms with Gasteiger partial charge in [0, 0.05) is 7.05 Å². The summed E-state index contributed by atoms with van der Waals surface area (Å²) in [5, 5.41) is 11.3. The Morgan fingerprint density at radius 3 is 2.65 bits per heavy atom. The number of amides is 1. The number of nitrogens with one attached hydrogen (secondary N) is 1. The molecule has 0 bridgehead atoms. The number of para-hydroxylation sites is 1. The average Bonchev–Trinajstić information content (AvgIpc) is 3.44. The molecule has 0 aliphatic heterocycles. The van der Waals surface area contributed by atoms with Crippen LogP contribution in [0, 0.1) is 5.92 Å². The molecule has 1 amide bonds. The lowest BCUT2D eigenvalue weighted by Crippen LogP contribution is -2.45. The van der Waals surface area contributed by atoms with Gasteiger partial charge in [0.25, 0.3) is 11.5 Å². The highest BCUT2D eigenvalue weighted by Crippen LogP contribution is 2.15. The summed E-state index contributed by atoms with van der Waals surface area (Å²) in [7, 11) is 1.60. The van der Waals surface area contributed by atoms with Gasteiger partial charge in [0.15, 0.2) is 18.2 Å². The summed E-state index contributed by atoms with van der Waals surface area (Å²) in [4.78, 5) is 37.5. The molecule has 0 unspecified atom stereocenters. The summed E-state index contributed by atoms with van der Waals surface area (Å²) < 4.78 is 13.6. The number of nitrogens with zero attached hydrogens (tertiary/aromatic N) is 4. The molecular weight excluding hydrogens is 402 g/mol. The highest BCUT2D eigenvalue weighted by molar-refractivity contribution is 5.94. The lowest BCUT2D eigenvalue weighted by Gasteiger charge is -2.20. The quantitative estimate of drug-likeness (QED) is 0.468. The molecule has 10 heteroatoms. The number of carbonyl (C=O) groups is 2. The maximum absolute atomic E-state index is 12.7. The van der Waals surface area contributed by atoms with Crippen LogP contribution < -0.4 is 10.9 Å². The van der Waals surface area contributed by atoms with Crippen LogP contribution in [0.3, 0.4) is 0 Å². The highest BCUT2D eigenvalue weighted by atomic mass is 16.5. The van der Waals surface area contributed by atoms with Crippen molar-refractivity contribution in [3.05, 3.63) is 64.6 Å². The van der Waals surface area contributed by atoms with Crippen LogP contribution in [0.25, 0.3) is 16.7 Å². The fraction of sp³-hybridized carbons (Fsp3) is 0.286. The number of ether oxygens (including phenoxy) is 1. The Kier molecular flexibility index (Phi) is 5.28. The van der Waals surface area contributed by atoms with Gasteiger partial charge in [-0.2, -0.15) is 0 Å². The third kappa shape index (κ3) is 3.67. The van der Waals surface area contributed by atoms with Crippen molar-refractivity contribution in [2.24, 2.45) is 13.0 Å². The lowest BCUT2D eigenvalue weighted by atomic mass is 10.0. The van der Waals surface area contributed by atoms with Crippen molar-refractivity contribution in [3.63, 3.8) is 0 Å². The Balaban J connectivity index is 1.59. The van der Waals surface area contributed by atoms with E-state index in [2.05, 4.69) is 15.5 Å². The molecule has 4 aromatic rings. The second kappa shape index (κ2) is 8.05. The van der Waals surface area contributed by atoms with Gasteiger partial charge in [-0.25, -0.2) is 4.79 Å². The van der Waals surface area contributed by atoms with Crippen molar-refractivity contribution in [3.8, 4) is 0 Å². The number of aryl methyl sites for hydroxylation is 1. The summed E-state index contributed by atoms with van der Waals surface area (Å²) in [5.41, 5.74) is 0.419. The van der Waals surface area contributed by atoms with Crippen molar-refractivity contribution in [2.45, 2.75) is 26.5 Å². The molecule has 0 fully saturated rings. The first kappa shape index (κ1) is 20.3. The smallest absolute Gasteiger partial charge is 0.329 e. The van der Waals surface area contributed by atoms with Gasteiger partial charge in [-0.3, -0.25) is 18.6 Å². The van der Waals surface area contributed by atoms with Crippen molar-refractivity contribution >= 4 is 28.6 Å². The van der Waals surface area contributed by atoms with Crippen LogP contribution in [0.2, 0.25) is 0 Å².